The molecule has 0 aliphatic carbocycles. The van der Waals surface area contributed by atoms with Crippen LogP contribution in [-0.2, 0) is 9.84 Å². The van der Waals surface area contributed by atoms with Crippen molar-refractivity contribution in [1.29, 1.82) is 0 Å². The summed E-state index contributed by atoms with van der Waals surface area (Å²) >= 11 is 0. The van der Waals surface area contributed by atoms with E-state index in [0.717, 1.165) is 13.0 Å². The lowest BCUT2D eigenvalue weighted by atomic mass is 10.0. The summed E-state index contributed by atoms with van der Waals surface area (Å²) in [5.74, 6) is 2.08. The van der Waals surface area contributed by atoms with E-state index in [1.54, 1.807) is 0 Å². The molecule has 0 amide bonds. The molecule has 1 aliphatic rings. The van der Waals surface area contributed by atoms with Crippen LogP contribution in [0.25, 0.3) is 0 Å². The lowest BCUT2D eigenvalue weighted by molar-refractivity contribution is 0.474. The molecule has 0 spiro atoms. The van der Waals surface area contributed by atoms with Crippen LogP contribution < -0.4 is 11.1 Å². The van der Waals surface area contributed by atoms with Crippen LogP contribution in [0.2, 0.25) is 0 Å². The molecule has 0 aromatic heterocycles. The Morgan fingerprint density at radius 1 is 1.37 bits per heavy atom. The van der Waals surface area contributed by atoms with Crippen molar-refractivity contribution in [3.8, 4) is 0 Å². The number of sulfone groups is 1. The van der Waals surface area contributed by atoms with E-state index in [2.05, 4.69) is 24.2 Å². The molecule has 1 saturated heterocycles. The van der Waals surface area contributed by atoms with Gasteiger partial charge in [0.15, 0.2) is 5.96 Å². The first-order chi connectivity index (χ1) is 8.39. The van der Waals surface area contributed by atoms with Crippen LogP contribution in [0.1, 0.15) is 33.1 Å². The van der Waals surface area contributed by atoms with Crippen LogP contribution in [0.3, 0.4) is 0 Å². The van der Waals surface area contributed by atoms with E-state index >= 15 is 0 Å². The fourth-order valence-corrected chi connectivity index (χ4v) is 3.48. The summed E-state index contributed by atoms with van der Waals surface area (Å²) in [5, 5.41) is 3.08. The van der Waals surface area contributed by atoms with Crippen molar-refractivity contribution >= 4 is 39.8 Å². The largest absolute Gasteiger partial charge is 0.370 e. The Morgan fingerprint density at radius 2 is 1.95 bits per heavy atom. The summed E-state index contributed by atoms with van der Waals surface area (Å²) in [6.45, 7) is 5.80. The summed E-state index contributed by atoms with van der Waals surface area (Å²) in [7, 11) is -2.77. The standard InChI is InChI=1S/C12H25N3O2S.HI/c1-10(2)3-6-14-12(13)15-9-11-4-7-18(16,17)8-5-11;/h10-11H,3-9H2,1-2H3,(H3,13,14,15);1H. The monoisotopic (exact) mass is 403 g/mol. The summed E-state index contributed by atoms with van der Waals surface area (Å²) < 4.78 is 22.5. The molecule has 0 aromatic rings. The fourth-order valence-electron chi connectivity index (χ4n) is 1.89. The van der Waals surface area contributed by atoms with E-state index in [0.29, 0.717) is 48.7 Å². The zero-order chi connectivity index (χ0) is 13.6. The van der Waals surface area contributed by atoms with E-state index in [1.807, 2.05) is 0 Å². The van der Waals surface area contributed by atoms with E-state index in [-0.39, 0.29) is 24.0 Å². The molecular formula is C12H26IN3O2S. The normalized spacial score (nSPS) is 20.1. The lowest BCUT2D eigenvalue weighted by Gasteiger charge is -2.20. The third-order valence-electron chi connectivity index (χ3n) is 3.22. The van der Waals surface area contributed by atoms with E-state index < -0.39 is 9.84 Å². The molecule has 1 aliphatic heterocycles. The van der Waals surface area contributed by atoms with Crippen molar-refractivity contribution in [1.82, 2.24) is 5.32 Å². The van der Waals surface area contributed by atoms with Crippen LogP contribution >= 0.6 is 24.0 Å². The molecule has 0 unspecified atom stereocenters. The molecular weight excluding hydrogens is 377 g/mol. The van der Waals surface area contributed by atoms with Crippen LogP contribution in [0.15, 0.2) is 4.99 Å². The Bertz CT molecular complexity index is 368. The Morgan fingerprint density at radius 3 is 2.47 bits per heavy atom. The minimum atomic E-state index is -2.77. The van der Waals surface area contributed by atoms with Crippen molar-refractivity contribution in [3.05, 3.63) is 0 Å². The van der Waals surface area contributed by atoms with Crippen molar-refractivity contribution in [3.63, 3.8) is 0 Å². The van der Waals surface area contributed by atoms with E-state index in [4.69, 9.17) is 5.73 Å². The maximum atomic E-state index is 11.3. The molecule has 0 aromatic carbocycles. The fraction of sp³-hybridized carbons (Fsp3) is 0.917. The van der Waals surface area contributed by atoms with Crippen molar-refractivity contribution in [2.45, 2.75) is 33.1 Å². The number of aliphatic imine (C=N–C) groups is 1. The average molecular weight is 403 g/mol. The molecule has 3 N–H and O–H groups in total. The number of hydrogen-bond donors (Lipinski definition) is 2. The minimum Gasteiger partial charge on any atom is -0.370 e. The van der Waals surface area contributed by atoms with Gasteiger partial charge < -0.3 is 11.1 Å². The van der Waals surface area contributed by atoms with Gasteiger partial charge in [0.1, 0.15) is 9.84 Å². The first-order valence-electron chi connectivity index (χ1n) is 6.63. The van der Waals surface area contributed by atoms with Crippen LogP contribution in [0.4, 0.5) is 0 Å². The van der Waals surface area contributed by atoms with Crippen molar-refractivity contribution in [2.75, 3.05) is 24.6 Å². The topological polar surface area (TPSA) is 84.5 Å². The van der Waals surface area contributed by atoms with E-state index in [9.17, 15) is 8.42 Å². The van der Waals surface area contributed by atoms with Gasteiger partial charge in [-0.25, -0.2) is 8.42 Å². The van der Waals surface area contributed by atoms with Gasteiger partial charge in [-0.15, -0.1) is 24.0 Å². The van der Waals surface area contributed by atoms with Crippen LogP contribution in [-0.4, -0.2) is 39.0 Å². The Balaban J connectivity index is 0.00000324. The van der Waals surface area contributed by atoms with Gasteiger partial charge >= 0.3 is 0 Å². The molecule has 0 atom stereocenters. The first kappa shape index (κ1) is 18.9. The Labute approximate surface area is 133 Å². The average Bonchev–Trinajstić information content (AvgIpc) is 2.27. The number of nitrogens with one attached hydrogen (secondary N) is 1. The summed E-state index contributed by atoms with van der Waals surface area (Å²) in [6.07, 6.45) is 2.49. The van der Waals surface area contributed by atoms with Gasteiger partial charge in [0.05, 0.1) is 11.5 Å². The van der Waals surface area contributed by atoms with Crippen LogP contribution in [0, 0.1) is 11.8 Å². The second kappa shape index (κ2) is 8.99. The highest BCUT2D eigenvalue weighted by Gasteiger charge is 2.23. The smallest absolute Gasteiger partial charge is 0.188 e. The second-order valence-corrected chi connectivity index (χ2v) is 7.73. The molecule has 1 heterocycles. The van der Waals surface area contributed by atoms with Gasteiger partial charge in [-0.1, -0.05) is 13.8 Å². The molecule has 0 radical (unpaired) electrons. The highest BCUT2D eigenvalue weighted by atomic mass is 127. The predicted molar refractivity (Wildman–Crippen MR) is 90.7 cm³/mol. The van der Waals surface area contributed by atoms with Crippen molar-refractivity contribution < 1.29 is 8.42 Å². The van der Waals surface area contributed by atoms with Gasteiger partial charge in [0, 0.05) is 13.1 Å². The highest BCUT2D eigenvalue weighted by molar-refractivity contribution is 14.0. The van der Waals surface area contributed by atoms with Gasteiger partial charge in [-0.2, -0.15) is 0 Å². The number of rotatable bonds is 5. The van der Waals surface area contributed by atoms with Gasteiger partial charge in [0.2, 0.25) is 0 Å². The minimum absolute atomic E-state index is 0. The molecule has 1 rings (SSSR count). The summed E-state index contributed by atoms with van der Waals surface area (Å²) in [4.78, 5) is 4.28. The number of halogens is 1. The quantitative estimate of drug-likeness (QED) is 0.413. The first-order valence-corrected chi connectivity index (χ1v) is 8.45. The van der Waals surface area contributed by atoms with Gasteiger partial charge in [0.25, 0.3) is 0 Å². The van der Waals surface area contributed by atoms with Crippen molar-refractivity contribution in [2.24, 2.45) is 22.6 Å². The Hall–Kier alpha value is -0.0500. The molecule has 5 nitrogen and oxygen atoms in total. The van der Waals surface area contributed by atoms with E-state index in [1.165, 1.54) is 0 Å². The third kappa shape index (κ3) is 8.67. The Kier molecular flexibility index (Phi) is 8.97. The maximum Gasteiger partial charge on any atom is 0.188 e. The number of nitrogens with two attached hydrogens (primary N) is 1. The lowest BCUT2D eigenvalue weighted by Crippen LogP contribution is -2.34. The molecule has 1 fully saturated rings. The molecule has 0 saturated carbocycles. The number of hydrogen-bond acceptors (Lipinski definition) is 3. The molecule has 7 heteroatoms. The summed E-state index contributed by atoms with van der Waals surface area (Å²) in [5.41, 5.74) is 5.75. The SMILES string of the molecule is CC(C)CCNC(N)=NCC1CCS(=O)(=O)CC1.I. The number of guanidine groups is 1. The third-order valence-corrected chi connectivity index (χ3v) is 4.94. The van der Waals surface area contributed by atoms with Gasteiger partial charge in [-0.3, -0.25) is 4.99 Å². The molecule has 114 valence electrons. The molecule has 19 heavy (non-hydrogen) atoms. The zero-order valence-corrected chi connectivity index (χ0v) is 14.9. The van der Waals surface area contributed by atoms with Gasteiger partial charge in [-0.05, 0) is 31.1 Å². The highest BCUT2D eigenvalue weighted by Crippen LogP contribution is 2.18. The second-order valence-electron chi connectivity index (χ2n) is 5.43. The number of nitrogens with zero attached hydrogens (tertiary/aromatic N) is 1. The predicted octanol–water partition coefficient (Wildman–Crippen LogP) is 1.38. The maximum absolute atomic E-state index is 11.3. The zero-order valence-electron chi connectivity index (χ0n) is 11.8. The molecule has 0 bridgehead atoms. The summed E-state index contributed by atoms with van der Waals surface area (Å²) in [6, 6.07) is 0. The van der Waals surface area contributed by atoms with Crippen LogP contribution in [0.5, 0.6) is 0 Å².